The number of benzene rings is 1. The molecular weight excluding hydrogens is 164 g/mol. The molecule has 0 saturated carbocycles. The number of thioether (sulfide) groups is 1. The summed E-state index contributed by atoms with van der Waals surface area (Å²) >= 11 is 1.83. The van der Waals surface area contributed by atoms with Gasteiger partial charge in [0.15, 0.2) is 0 Å². The minimum absolute atomic E-state index is 0.493. The van der Waals surface area contributed by atoms with Crippen LogP contribution in [0.3, 0.4) is 0 Å². The van der Waals surface area contributed by atoms with E-state index in [4.69, 9.17) is 0 Å². The van der Waals surface area contributed by atoms with Gasteiger partial charge in [-0.15, -0.1) is 18.3 Å². The lowest BCUT2D eigenvalue weighted by Crippen LogP contribution is -1.87. The van der Waals surface area contributed by atoms with Crippen molar-refractivity contribution in [3.63, 3.8) is 0 Å². The van der Waals surface area contributed by atoms with Gasteiger partial charge in [-0.2, -0.15) is 0 Å². The predicted molar refractivity (Wildman–Crippen MR) is 56.7 cm³/mol. The topological polar surface area (TPSA) is 0 Å². The molecule has 0 aliphatic rings. The van der Waals surface area contributed by atoms with E-state index in [1.165, 1.54) is 10.5 Å². The molecule has 0 heterocycles. The van der Waals surface area contributed by atoms with E-state index >= 15 is 0 Å². The Labute approximate surface area is 78.7 Å². The molecule has 0 nitrogen and oxygen atoms in total. The van der Waals surface area contributed by atoms with Crippen molar-refractivity contribution in [3.05, 3.63) is 42.5 Å². The monoisotopic (exact) mass is 178 g/mol. The number of hydrogen-bond donors (Lipinski definition) is 0. The van der Waals surface area contributed by atoms with Crippen LogP contribution in [0.1, 0.15) is 12.5 Å². The first-order valence-electron chi connectivity index (χ1n) is 4.08. The Morgan fingerprint density at radius 2 is 1.92 bits per heavy atom. The van der Waals surface area contributed by atoms with Crippen LogP contribution in [0.5, 0.6) is 0 Å². The first kappa shape index (κ1) is 9.40. The highest BCUT2D eigenvalue weighted by Gasteiger charge is 1.97. The van der Waals surface area contributed by atoms with Gasteiger partial charge in [-0.3, -0.25) is 0 Å². The van der Waals surface area contributed by atoms with Crippen molar-refractivity contribution in [2.75, 3.05) is 0 Å². The molecule has 0 amide bonds. The molecule has 0 aromatic heterocycles. The Bertz CT molecular complexity index is 248. The molecule has 1 rings (SSSR count). The molecule has 1 unspecified atom stereocenters. The molecule has 1 heteroatoms. The van der Waals surface area contributed by atoms with E-state index in [9.17, 15) is 0 Å². The molecule has 0 bridgehead atoms. The van der Waals surface area contributed by atoms with Crippen LogP contribution < -0.4 is 0 Å². The van der Waals surface area contributed by atoms with Gasteiger partial charge in [-0.05, 0) is 26.0 Å². The van der Waals surface area contributed by atoms with Crippen molar-refractivity contribution < 1.29 is 0 Å². The zero-order valence-corrected chi connectivity index (χ0v) is 8.40. The Hall–Kier alpha value is -0.690. The van der Waals surface area contributed by atoms with Gasteiger partial charge in [-0.1, -0.05) is 23.8 Å². The minimum Gasteiger partial charge on any atom is -0.119 e. The Morgan fingerprint density at radius 1 is 1.33 bits per heavy atom. The third-order valence-corrected chi connectivity index (χ3v) is 2.78. The fourth-order valence-corrected chi connectivity index (χ4v) is 1.70. The second-order valence-electron chi connectivity index (χ2n) is 2.87. The van der Waals surface area contributed by atoms with Gasteiger partial charge in [0.1, 0.15) is 0 Å². The largest absolute Gasteiger partial charge is 0.119 e. The lowest BCUT2D eigenvalue weighted by molar-refractivity contribution is 1.24. The molecule has 1 atom stereocenters. The first-order chi connectivity index (χ1) is 5.72. The number of hydrogen-bond acceptors (Lipinski definition) is 1. The van der Waals surface area contributed by atoms with E-state index < -0.39 is 0 Å². The molecule has 0 fully saturated rings. The normalized spacial score (nSPS) is 12.5. The van der Waals surface area contributed by atoms with Crippen molar-refractivity contribution >= 4 is 11.8 Å². The SMILES string of the molecule is C=CC(C)Sc1ccc(C)cc1. The van der Waals surface area contributed by atoms with E-state index in [1.807, 2.05) is 17.8 Å². The number of aryl methyl sites for hydroxylation is 1. The summed E-state index contributed by atoms with van der Waals surface area (Å²) < 4.78 is 0. The predicted octanol–water partition coefficient (Wildman–Crippen LogP) is 3.66. The van der Waals surface area contributed by atoms with Crippen LogP contribution in [-0.4, -0.2) is 5.25 Å². The van der Waals surface area contributed by atoms with Gasteiger partial charge in [0.2, 0.25) is 0 Å². The number of rotatable bonds is 3. The third-order valence-electron chi connectivity index (χ3n) is 1.67. The van der Waals surface area contributed by atoms with Crippen LogP contribution in [0.4, 0.5) is 0 Å². The maximum atomic E-state index is 3.75. The molecule has 0 saturated heterocycles. The molecule has 0 aliphatic heterocycles. The van der Waals surface area contributed by atoms with Gasteiger partial charge in [-0.25, -0.2) is 0 Å². The molecule has 1 aromatic carbocycles. The highest BCUT2D eigenvalue weighted by molar-refractivity contribution is 8.00. The first-order valence-corrected chi connectivity index (χ1v) is 4.96. The zero-order valence-electron chi connectivity index (χ0n) is 7.58. The van der Waals surface area contributed by atoms with Crippen molar-refractivity contribution in [1.29, 1.82) is 0 Å². The quantitative estimate of drug-likeness (QED) is 0.503. The van der Waals surface area contributed by atoms with Crippen molar-refractivity contribution in [2.45, 2.75) is 24.0 Å². The Balaban J connectivity index is 2.64. The molecule has 0 radical (unpaired) electrons. The smallest absolute Gasteiger partial charge is 0.0243 e. The van der Waals surface area contributed by atoms with Crippen LogP contribution in [0.15, 0.2) is 41.8 Å². The second-order valence-corrected chi connectivity index (χ2v) is 4.32. The van der Waals surface area contributed by atoms with E-state index in [1.54, 1.807) is 0 Å². The lowest BCUT2D eigenvalue weighted by atomic mass is 10.2. The average molecular weight is 178 g/mol. The maximum absolute atomic E-state index is 3.75. The highest BCUT2D eigenvalue weighted by atomic mass is 32.2. The molecule has 0 spiro atoms. The molecule has 0 aliphatic carbocycles. The maximum Gasteiger partial charge on any atom is 0.0243 e. The van der Waals surface area contributed by atoms with Crippen LogP contribution in [0, 0.1) is 6.92 Å². The summed E-state index contributed by atoms with van der Waals surface area (Å²) in [6.07, 6.45) is 1.96. The van der Waals surface area contributed by atoms with Crippen LogP contribution >= 0.6 is 11.8 Å². The van der Waals surface area contributed by atoms with E-state index in [2.05, 4.69) is 44.7 Å². The third kappa shape index (κ3) is 2.74. The summed E-state index contributed by atoms with van der Waals surface area (Å²) in [5.74, 6) is 0. The van der Waals surface area contributed by atoms with Gasteiger partial charge < -0.3 is 0 Å². The summed E-state index contributed by atoms with van der Waals surface area (Å²) in [5.41, 5.74) is 1.31. The van der Waals surface area contributed by atoms with Gasteiger partial charge >= 0.3 is 0 Å². The van der Waals surface area contributed by atoms with Crippen LogP contribution in [-0.2, 0) is 0 Å². The minimum atomic E-state index is 0.493. The second kappa shape index (κ2) is 4.36. The van der Waals surface area contributed by atoms with E-state index in [0.717, 1.165) is 0 Å². The molecular formula is C11H14S. The van der Waals surface area contributed by atoms with Crippen LogP contribution in [0.25, 0.3) is 0 Å². The van der Waals surface area contributed by atoms with Crippen LogP contribution in [0.2, 0.25) is 0 Å². The van der Waals surface area contributed by atoms with E-state index in [0.29, 0.717) is 5.25 Å². The summed E-state index contributed by atoms with van der Waals surface area (Å²) in [6.45, 7) is 8.01. The van der Waals surface area contributed by atoms with Crippen molar-refractivity contribution in [2.24, 2.45) is 0 Å². The summed E-state index contributed by atoms with van der Waals surface area (Å²) in [5, 5.41) is 0.493. The lowest BCUT2D eigenvalue weighted by Gasteiger charge is -2.05. The average Bonchev–Trinajstić information content (AvgIpc) is 2.09. The van der Waals surface area contributed by atoms with Crippen molar-refractivity contribution in [1.82, 2.24) is 0 Å². The standard InChI is InChI=1S/C11H14S/c1-4-10(3)12-11-7-5-9(2)6-8-11/h4-8,10H,1H2,2-3H3. The zero-order chi connectivity index (χ0) is 8.97. The van der Waals surface area contributed by atoms with E-state index in [-0.39, 0.29) is 0 Å². The Morgan fingerprint density at radius 3 is 2.42 bits per heavy atom. The van der Waals surface area contributed by atoms with Gasteiger partial charge in [0.05, 0.1) is 0 Å². The van der Waals surface area contributed by atoms with Crippen molar-refractivity contribution in [3.8, 4) is 0 Å². The summed E-state index contributed by atoms with van der Waals surface area (Å²) in [6, 6.07) is 8.58. The molecule has 12 heavy (non-hydrogen) atoms. The molecule has 1 aromatic rings. The van der Waals surface area contributed by atoms with Gasteiger partial charge in [0.25, 0.3) is 0 Å². The fourth-order valence-electron chi connectivity index (χ4n) is 0.880. The fraction of sp³-hybridized carbons (Fsp3) is 0.273. The van der Waals surface area contributed by atoms with Gasteiger partial charge in [0, 0.05) is 10.1 Å². The summed E-state index contributed by atoms with van der Waals surface area (Å²) in [7, 11) is 0. The molecule has 0 N–H and O–H groups in total. The summed E-state index contributed by atoms with van der Waals surface area (Å²) in [4.78, 5) is 1.31. The highest BCUT2D eigenvalue weighted by Crippen LogP contribution is 2.23. The Kier molecular flexibility index (Phi) is 3.42. The molecule has 64 valence electrons.